The fourth-order valence-electron chi connectivity index (χ4n) is 1.94. The van der Waals surface area contributed by atoms with Crippen molar-refractivity contribution < 1.29 is 14.6 Å². The van der Waals surface area contributed by atoms with Gasteiger partial charge in [-0.2, -0.15) is 0 Å². The highest BCUT2D eigenvalue weighted by Crippen LogP contribution is 2.35. The summed E-state index contributed by atoms with van der Waals surface area (Å²) in [5.74, 6) is 0.0158. The first-order chi connectivity index (χ1) is 9.43. The lowest BCUT2D eigenvalue weighted by Gasteiger charge is -2.06. The van der Waals surface area contributed by atoms with Crippen molar-refractivity contribution in [1.82, 2.24) is 4.98 Å². The molecular formula is C15H17NO3S. The van der Waals surface area contributed by atoms with Crippen molar-refractivity contribution in [1.29, 1.82) is 0 Å². The molecule has 0 aliphatic heterocycles. The summed E-state index contributed by atoms with van der Waals surface area (Å²) >= 11 is 1.44. The van der Waals surface area contributed by atoms with Crippen molar-refractivity contribution in [3.63, 3.8) is 0 Å². The van der Waals surface area contributed by atoms with E-state index in [0.717, 1.165) is 21.9 Å². The van der Waals surface area contributed by atoms with Crippen molar-refractivity contribution in [2.75, 3.05) is 7.11 Å². The molecule has 2 rings (SSSR count). The van der Waals surface area contributed by atoms with Crippen LogP contribution in [0.2, 0.25) is 0 Å². The van der Waals surface area contributed by atoms with Crippen LogP contribution in [0.25, 0.3) is 10.4 Å². The van der Waals surface area contributed by atoms with Gasteiger partial charge in [0.15, 0.2) is 5.69 Å². The highest BCUT2D eigenvalue weighted by atomic mass is 32.1. The topological polar surface area (TPSA) is 59.4 Å². The molecule has 1 heterocycles. The average Bonchev–Trinajstić information content (AvgIpc) is 2.84. The number of methoxy groups -OCH3 is 1. The number of aromatic nitrogens is 1. The van der Waals surface area contributed by atoms with E-state index < -0.39 is 5.97 Å². The van der Waals surface area contributed by atoms with Crippen molar-refractivity contribution in [3.05, 3.63) is 34.5 Å². The minimum atomic E-state index is -0.989. The Morgan fingerprint density at radius 1 is 1.40 bits per heavy atom. The molecule has 0 spiro atoms. The summed E-state index contributed by atoms with van der Waals surface area (Å²) in [4.78, 5) is 16.3. The average molecular weight is 291 g/mol. The van der Waals surface area contributed by atoms with Crippen molar-refractivity contribution >= 4 is 17.3 Å². The normalized spacial score (nSPS) is 10.8. The number of aryl methyl sites for hydroxylation is 1. The van der Waals surface area contributed by atoms with E-state index in [1.54, 1.807) is 7.11 Å². The summed E-state index contributed by atoms with van der Waals surface area (Å²) in [6, 6.07) is 5.66. The summed E-state index contributed by atoms with van der Waals surface area (Å²) < 4.78 is 5.23. The smallest absolute Gasteiger partial charge is 0.356 e. The molecule has 4 nitrogen and oxygen atoms in total. The molecule has 20 heavy (non-hydrogen) atoms. The second kappa shape index (κ2) is 5.63. The number of nitrogens with zero attached hydrogens (tertiary/aromatic N) is 1. The van der Waals surface area contributed by atoms with Gasteiger partial charge in [0.25, 0.3) is 0 Å². The number of ether oxygens (including phenoxy) is 1. The van der Waals surface area contributed by atoms with Crippen LogP contribution in [-0.4, -0.2) is 23.2 Å². The fourth-order valence-corrected chi connectivity index (χ4v) is 3.00. The maximum atomic E-state index is 11.4. The quantitative estimate of drug-likeness (QED) is 0.926. The molecule has 0 aliphatic carbocycles. The number of benzene rings is 1. The van der Waals surface area contributed by atoms with Crippen LogP contribution < -0.4 is 4.74 Å². The third kappa shape index (κ3) is 2.67. The van der Waals surface area contributed by atoms with E-state index in [9.17, 15) is 9.90 Å². The first kappa shape index (κ1) is 14.5. The van der Waals surface area contributed by atoms with Gasteiger partial charge in [-0.25, -0.2) is 9.78 Å². The first-order valence-corrected chi connectivity index (χ1v) is 7.14. The number of aromatic carboxylic acids is 1. The molecule has 0 atom stereocenters. The van der Waals surface area contributed by atoms with Crippen LogP contribution >= 0.6 is 11.3 Å². The molecule has 0 saturated carbocycles. The molecule has 0 unspecified atom stereocenters. The molecular weight excluding hydrogens is 274 g/mol. The molecule has 1 aromatic heterocycles. The lowest BCUT2D eigenvalue weighted by atomic mass is 10.1. The fraction of sp³-hybridized carbons (Fsp3) is 0.333. The number of hydrogen-bond donors (Lipinski definition) is 1. The highest BCUT2D eigenvalue weighted by molar-refractivity contribution is 7.15. The van der Waals surface area contributed by atoms with Gasteiger partial charge in [-0.15, -0.1) is 11.3 Å². The molecule has 0 amide bonds. The van der Waals surface area contributed by atoms with Crippen LogP contribution in [-0.2, 0) is 0 Å². The Balaban J connectivity index is 2.56. The van der Waals surface area contributed by atoms with E-state index in [4.69, 9.17) is 4.74 Å². The summed E-state index contributed by atoms with van der Waals surface area (Å²) in [7, 11) is 1.62. The Hall–Kier alpha value is -1.88. The molecule has 2 aromatic rings. The van der Waals surface area contributed by atoms with E-state index in [1.165, 1.54) is 11.3 Å². The lowest BCUT2D eigenvalue weighted by Crippen LogP contribution is -1.99. The van der Waals surface area contributed by atoms with Crippen LogP contribution in [0.1, 0.15) is 40.8 Å². The summed E-state index contributed by atoms with van der Waals surface area (Å²) in [5.41, 5.74) is 1.97. The zero-order valence-electron chi connectivity index (χ0n) is 11.9. The number of carboxylic acid groups (broad SMARTS) is 1. The molecule has 0 fully saturated rings. The van der Waals surface area contributed by atoms with Crippen molar-refractivity contribution in [2.45, 2.75) is 26.7 Å². The van der Waals surface area contributed by atoms with Gasteiger partial charge < -0.3 is 9.84 Å². The van der Waals surface area contributed by atoms with Gasteiger partial charge in [0, 0.05) is 5.92 Å². The number of carboxylic acids is 1. The second-order valence-electron chi connectivity index (χ2n) is 4.87. The molecule has 1 N–H and O–H groups in total. The molecule has 1 aromatic carbocycles. The van der Waals surface area contributed by atoms with E-state index in [-0.39, 0.29) is 11.6 Å². The predicted molar refractivity (Wildman–Crippen MR) is 79.9 cm³/mol. The Bertz CT molecular complexity index is 647. The van der Waals surface area contributed by atoms with Crippen LogP contribution in [0.5, 0.6) is 5.75 Å². The lowest BCUT2D eigenvalue weighted by molar-refractivity contribution is 0.0692. The number of hydrogen-bond acceptors (Lipinski definition) is 4. The van der Waals surface area contributed by atoms with Gasteiger partial charge in [-0.1, -0.05) is 13.8 Å². The Morgan fingerprint density at radius 3 is 2.60 bits per heavy atom. The summed E-state index contributed by atoms with van der Waals surface area (Å²) in [5, 5.41) is 10.2. The Morgan fingerprint density at radius 2 is 2.10 bits per heavy atom. The molecule has 0 bridgehead atoms. The van der Waals surface area contributed by atoms with Gasteiger partial charge in [-0.3, -0.25) is 0 Å². The van der Waals surface area contributed by atoms with Crippen molar-refractivity contribution in [2.24, 2.45) is 0 Å². The maximum Gasteiger partial charge on any atom is 0.356 e. The number of rotatable bonds is 4. The van der Waals surface area contributed by atoms with Crippen LogP contribution in [0.15, 0.2) is 18.2 Å². The highest BCUT2D eigenvalue weighted by Gasteiger charge is 2.20. The summed E-state index contributed by atoms with van der Waals surface area (Å²) in [6.45, 7) is 5.95. The Kier molecular flexibility index (Phi) is 4.09. The molecule has 106 valence electrons. The van der Waals surface area contributed by atoms with Gasteiger partial charge >= 0.3 is 5.97 Å². The largest absolute Gasteiger partial charge is 0.496 e. The predicted octanol–water partition coefficient (Wildman–Crippen LogP) is 3.95. The zero-order chi connectivity index (χ0) is 14.9. The van der Waals surface area contributed by atoms with E-state index in [2.05, 4.69) is 4.98 Å². The molecule has 0 aliphatic rings. The van der Waals surface area contributed by atoms with Crippen LogP contribution in [0, 0.1) is 6.92 Å². The SMILES string of the molecule is COc1ccc(-c2sc(C(C)C)nc2C(=O)O)cc1C. The molecule has 0 radical (unpaired) electrons. The van der Waals surface area contributed by atoms with Crippen LogP contribution in [0.3, 0.4) is 0 Å². The van der Waals surface area contributed by atoms with E-state index >= 15 is 0 Å². The van der Waals surface area contributed by atoms with Crippen molar-refractivity contribution in [3.8, 4) is 16.2 Å². The maximum absolute atomic E-state index is 11.4. The van der Waals surface area contributed by atoms with E-state index in [0.29, 0.717) is 4.88 Å². The third-order valence-electron chi connectivity index (χ3n) is 3.00. The number of carbonyl (C=O) groups is 1. The molecule has 5 heteroatoms. The Labute approximate surface area is 122 Å². The number of thiazole rings is 1. The van der Waals surface area contributed by atoms with Gasteiger partial charge in [0.1, 0.15) is 5.75 Å². The van der Waals surface area contributed by atoms with Gasteiger partial charge in [0.05, 0.1) is 17.0 Å². The standard InChI is InChI=1S/C15H17NO3S/c1-8(2)14-16-12(15(17)18)13(20-14)10-5-6-11(19-4)9(3)7-10/h5-8H,1-4H3,(H,17,18). The third-order valence-corrected chi connectivity index (χ3v) is 4.40. The second-order valence-corrected chi connectivity index (χ2v) is 5.90. The van der Waals surface area contributed by atoms with Gasteiger partial charge in [0.2, 0.25) is 0 Å². The zero-order valence-corrected chi connectivity index (χ0v) is 12.7. The van der Waals surface area contributed by atoms with Crippen LogP contribution in [0.4, 0.5) is 0 Å². The van der Waals surface area contributed by atoms with E-state index in [1.807, 2.05) is 39.0 Å². The minimum absolute atomic E-state index is 0.128. The van der Waals surface area contributed by atoms with Gasteiger partial charge in [-0.05, 0) is 36.2 Å². The molecule has 0 saturated heterocycles. The summed E-state index contributed by atoms with van der Waals surface area (Å²) in [6.07, 6.45) is 0. The first-order valence-electron chi connectivity index (χ1n) is 6.33. The minimum Gasteiger partial charge on any atom is -0.496 e. The monoisotopic (exact) mass is 291 g/mol.